The number of aliphatic hydroxyl groups excluding tert-OH is 1. The first kappa shape index (κ1) is 32.8. The summed E-state index contributed by atoms with van der Waals surface area (Å²) in [5, 5.41) is 16.4. The van der Waals surface area contributed by atoms with Crippen LogP contribution in [-0.4, -0.2) is 109 Å². The molecule has 0 radical (unpaired) electrons. The molecule has 3 fully saturated rings. The van der Waals surface area contributed by atoms with Gasteiger partial charge < -0.3 is 43.9 Å². The van der Waals surface area contributed by atoms with E-state index in [1.165, 1.54) is 36.9 Å². The molecule has 10 atom stereocenters. The lowest BCUT2D eigenvalue weighted by molar-refractivity contribution is -0.0630. The molecule has 46 heavy (non-hydrogen) atoms. The molecule has 6 unspecified atom stereocenters. The van der Waals surface area contributed by atoms with Crippen LogP contribution in [0.5, 0.6) is 0 Å². The fraction of sp³-hybridized carbons (Fsp3) is 0.542. The number of carbonyl (C=O) groups excluding carboxylic acids is 1. The van der Waals surface area contributed by atoms with Crippen LogP contribution in [0.3, 0.4) is 0 Å². The van der Waals surface area contributed by atoms with Gasteiger partial charge in [-0.25, -0.2) is 24.5 Å². The van der Waals surface area contributed by atoms with Crippen molar-refractivity contribution in [3.63, 3.8) is 0 Å². The number of phosphoric acid groups is 1. The largest absolute Gasteiger partial charge is 0.472 e. The summed E-state index contributed by atoms with van der Waals surface area (Å²) in [5.41, 5.74) is 1.16. The summed E-state index contributed by atoms with van der Waals surface area (Å²) in [5.74, 6) is -0.0849. The Balaban J connectivity index is 1.28. The summed E-state index contributed by atoms with van der Waals surface area (Å²) in [4.78, 5) is 40.0. The van der Waals surface area contributed by atoms with Crippen LogP contribution in [0.2, 0.25) is 0 Å². The van der Waals surface area contributed by atoms with Crippen molar-refractivity contribution in [1.82, 2.24) is 34.4 Å². The van der Waals surface area contributed by atoms with E-state index in [4.69, 9.17) is 32.3 Å². The van der Waals surface area contributed by atoms with Crippen LogP contribution < -0.4 is 10.6 Å². The van der Waals surface area contributed by atoms with Crippen molar-refractivity contribution < 1.29 is 56.2 Å². The van der Waals surface area contributed by atoms with Crippen LogP contribution in [0.15, 0.2) is 31.8 Å². The monoisotopic (exact) mass is 686 g/mol. The van der Waals surface area contributed by atoms with E-state index in [-0.39, 0.29) is 5.69 Å². The summed E-state index contributed by atoms with van der Waals surface area (Å²) in [6.07, 6.45) is -4.49. The van der Waals surface area contributed by atoms with Crippen LogP contribution in [0.4, 0.5) is 5.82 Å². The molecule has 4 N–H and O–H groups in total. The summed E-state index contributed by atoms with van der Waals surface area (Å²) in [6.45, 7) is 3.94. The Morgan fingerprint density at radius 3 is 2.65 bits per heavy atom. The number of fused-ring (bicyclic) bond motifs is 4. The molecule has 3 aromatic rings. The average molecular weight is 687 g/mol. The predicted molar refractivity (Wildman–Crippen MR) is 155 cm³/mol. The Morgan fingerprint density at radius 1 is 1.15 bits per heavy atom. The molecule has 1 amide bonds. The number of methoxy groups -OCH3 is 1. The predicted octanol–water partition coefficient (Wildman–Crippen LogP) is 0.424. The number of nitrogens with one attached hydrogen (secondary N) is 2. The lowest BCUT2D eigenvalue weighted by Gasteiger charge is -2.26. The highest BCUT2D eigenvalue weighted by Crippen LogP contribution is 2.51. The molecule has 6 heterocycles. The fourth-order valence-corrected chi connectivity index (χ4v) is 7.39. The Hall–Kier alpha value is -3.13. The number of nitrogens with zero attached hydrogens (tertiary/aromatic N) is 6. The Kier molecular flexibility index (Phi) is 9.39. The van der Waals surface area contributed by atoms with Crippen LogP contribution >= 0.6 is 16.1 Å². The van der Waals surface area contributed by atoms with E-state index in [9.17, 15) is 23.9 Å². The fourth-order valence-electron chi connectivity index (χ4n) is 5.58. The van der Waals surface area contributed by atoms with Gasteiger partial charge in [-0.3, -0.25) is 27.5 Å². The molecule has 2 bridgehead atoms. The maximum Gasteiger partial charge on any atom is 0.472 e. The van der Waals surface area contributed by atoms with Gasteiger partial charge in [0.25, 0.3) is 5.91 Å². The lowest BCUT2D eigenvalue weighted by atomic mass is 10.1. The zero-order chi connectivity index (χ0) is 32.7. The van der Waals surface area contributed by atoms with Gasteiger partial charge in [0.2, 0.25) is 0 Å². The summed E-state index contributed by atoms with van der Waals surface area (Å²) >= 11 is 0. The second-order valence-corrected chi connectivity index (χ2v) is 12.8. The third-order valence-corrected chi connectivity index (χ3v) is 9.61. The van der Waals surface area contributed by atoms with Gasteiger partial charge in [0, 0.05) is 19.9 Å². The standard InChI is InChI=1S/C24H32N8O12P2/c1-5-26-22(34)14-11(2)31(9-29-14)23-18-16(33)12(41-23)7-40-46(36,37)44-17-13(6-39-45(35)43-18)42-24(19(17)38-4)32-10-30-15-20(25-3)27-8-28-21(15)32/h5,8-10,12-13,16-19,23-24,33,45H,1,6-7H2,2-4H3,(H,26,34)(H,36,37)(H,25,27,28)/t12?,13?,16-,17-,18-,19-,23?,24?/m1/s1. The van der Waals surface area contributed by atoms with Gasteiger partial charge in [0.1, 0.15) is 54.2 Å². The minimum atomic E-state index is -4.89. The Labute approximate surface area is 261 Å². The molecule has 6 rings (SSSR count). The minimum Gasteiger partial charge on any atom is -0.387 e. The number of rotatable bonds is 6. The van der Waals surface area contributed by atoms with Crippen molar-refractivity contribution >= 4 is 39.0 Å². The van der Waals surface area contributed by atoms with Crippen molar-refractivity contribution in [3.05, 3.63) is 43.1 Å². The summed E-state index contributed by atoms with van der Waals surface area (Å²) in [6, 6.07) is 0. The number of imidazole rings is 2. The smallest absolute Gasteiger partial charge is 0.387 e. The highest BCUT2D eigenvalue weighted by molar-refractivity contribution is 7.47. The zero-order valence-electron chi connectivity index (χ0n) is 24.7. The van der Waals surface area contributed by atoms with Crippen LogP contribution in [-0.2, 0) is 41.4 Å². The molecule has 250 valence electrons. The van der Waals surface area contributed by atoms with E-state index in [1.54, 1.807) is 18.5 Å². The number of aromatic nitrogens is 6. The Bertz CT molecular complexity index is 1690. The second-order valence-electron chi connectivity index (χ2n) is 10.4. The number of hydrogen-bond donors (Lipinski definition) is 4. The third kappa shape index (κ3) is 6.02. The van der Waals surface area contributed by atoms with Crippen LogP contribution in [0.1, 0.15) is 28.6 Å². The maximum atomic E-state index is 13.3. The van der Waals surface area contributed by atoms with E-state index in [0.29, 0.717) is 22.7 Å². The molecule has 3 saturated heterocycles. The summed E-state index contributed by atoms with van der Waals surface area (Å²) in [7, 11) is -5.24. The highest BCUT2D eigenvalue weighted by atomic mass is 31.2. The van der Waals surface area contributed by atoms with Gasteiger partial charge >= 0.3 is 16.1 Å². The molecule has 0 aliphatic carbocycles. The molecule has 0 spiro atoms. The van der Waals surface area contributed by atoms with E-state index >= 15 is 0 Å². The third-order valence-electron chi connectivity index (χ3n) is 7.76. The molecule has 20 nitrogen and oxygen atoms in total. The highest BCUT2D eigenvalue weighted by Gasteiger charge is 2.53. The van der Waals surface area contributed by atoms with E-state index < -0.39 is 84.3 Å². The van der Waals surface area contributed by atoms with Crippen molar-refractivity contribution in [2.45, 2.75) is 56.0 Å². The first-order valence-corrected chi connectivity index (χ1v) is 16.6. The molecular weight excluding hydrogens is 654 g/mol. The van der Waals surface area contributed by atoms with E-state index in [1.807, 2.05) is 0 Å². The average Bonchev–Trinajstić information content (AvgIpc) is 3.78. The SMILES string of the molecule is C=CNC(=O)c1ncn(C2OC3COP(=O)(O)O[C@@H]4C(CO[PH](=O)O[C@@H]2[C@@H]3O)OC(n2cnc3c(NC)ncnc32)[C@@H]4OC)c1C. The number of ether oxygens (including phenoxy) is 3. The number of aliphatic hydroxyl groups is 1. The lowest BCUT2D eigenvalue weighted by Crippen LogP contribution is -2.37. The molecule has 3 aromatic heterocycles. The number of amides is 1. The van der Waals surface area contributed by atoms with Crippen molar-refractivity contribution in [3.8, 4) is 0 Å². The van der Waals surface area contributed by atoms with Gasteiger partial charge in [-0.05, 0) is 13.1 Å². The van der Waals surface area contributed by atoms with Gasteiger partial charge in [-0.15, -0.1) is 0 Å². The number of hydrogen-bond acceptors (Lipinski definition) is 16. The number of anilines is 1. The molecule has 0 aromatic carbocycles. The Morgan fingerprint density at radius 2 is 1.91 bits per heavy atom. The first-order valence-electron chi connectivity index (χ1n) is 13.9. The molecule has 22 heteroatoms. The van der Waals surface area contributed by atoms with Crippen LogP contribution in [0, 0.1) is 6.92 Å². The normalized spacial score (nSPS) is 35.1. The van der Waals surface area contributed by atoms with Gasteiger partial charge in [-0.1, -0.05) is 6.58 Å². The van der Waals surface area contributed by atoms with Crippen molar-refractivity contribution in [2.24, 2.45) is 0 Å². The van der Waals surface area contributed by atoms with Crippen LogP contribution in [0.25, 0.3) is 11.2 Å². The first-order chi connectivity index (χ1) is 22.1. The summed E-state index contributed by atoms with van der Waals surface area (Å²) < 4.78 is 69.2. The molecular formula is C24H32N8O12P2. The maximum absolute atomic E-state index is 13.3. The topological polar surface area (TPSA) is 242 Å². The molecule has 3 aliphatic rings. The van der Waals surface area contributed by atoms with Gasteiger partial charge in [0.15, 0.2) is 23.9 Å². The van der Waals surface area contributed by atoms with E-state index in [2.05, 4.69) is 37.1 Å². The minimum absolute atomic E-state index is 0.0361. The number of carbonyl (C=O) groups is 1. The molecule has 3 aliphatic heterocycles. The zero-order valence-corrected chi connectivity index (χ0v) is 26.6. The van der Waals surface area contributed by atoms with Gasteiger partial charge in [-0.2, -0.15) is 0 Å². The van der Waals surface area contributed by atoms with Gasteiger partial charge in [0.05, 0.1) is 25.9 Å². The van der Waals surface area contributed by atoms with Crippen molar-refractivity contribution in [2.75, 3.05) is 32.7 Å². The number of phosphoric ester groups is 1. The second kappa shape index (κ2) is 13.2. The van der Waals surface area contributed by atoms with Crippen molar-refractivity contribution in [1.29, 1.82) is 0 Å². The van der Waals surface area contributed by atoms with E-state index in [0.717, 1.165) is 0 Å². The molecule has 0 saturated carbocycles. The quantitative estimate of drug-likeness (QED) is 0.257.